The van der Waals surface area contributed by atoms with E-state index < -0.39 is 9.84 Å². The Morgan fingerprint density at radius 2 is 1.76 bits per heavy atom. The van der Waals surface area contributed by atoms with E-state index in [-0.39, 0.29) is 35.4 Å². The molecule has 156 valence electrons. The van der Waals surface area contributed by atoms with Crippen LogP contribution in [0.4, 0.5) is 4.39 Å². The van der Waals surface area contributed by atoms with Crippen molar-refractivity contribution in [2.75, 3.05) is 5.75 Å². The van der Waals surface area contributed by atoms with Crippen LogP contribution in [0.1, 0.15) is 49.8 Å². The minimum Gasteiger partial charge on any atom is -0.349 e. The summed E-state index contributed by atoms with van der Waals surface area (Å²) in [7, 11) is -3.31. The summed E-state index contributed by atoms with van der Waals surface area (Å²) < 4.78 is 38.4. The minimum absolute atomic E-state index is 0.0122. The van der Waals surface area contributed by atoms with E-state index in [0.717, 1.165) is 24.0 Å². The molecule has 0 aliphatic heterocycles. The van der Waals surface area contributed by atoms with E-state index in [1.807, 2.05) is 19.9 Å². The summed E-state index contributed by atoms with van der Waals surface area (Å²) in [5, 5.41) is 3.00. The van der Waals surface area contributed by atoms with Crippen LogP contribution in [0, 0.1) is 24.6 Å². The number of amides is 1. The predicted octanol–water partition coefficient (Wildman–Crippen LogP) is 4.59. The lowest BCUT2D eigenvalue weighted by molar-refractivity contribution is -0.126. The monoisotopic (exact) mass is 417 g/mol. The summed E-state index contributed by atoms with van der Waals surface area (Å²) in [5.41, 5.74) is 1.79. The fourth-order valence-corrected chi connectivity index (χ4v) is 5.77. The maximum absolute atomic E-state index is 13.1. The van der Waals surface area contributed by atoms with Crippen molar-refractivity contribution in [3.63, 3.8) is 0 Å². The Hall–Kier alpha value is -2.21. The molecule has 0 unspecified atom stereocenters. The number of sulfone groups is 1. The van der Waals surface area contributed by atoms with Crippen LogP contribution < -0.4 is 5.32 Å². The molecule has 1 fully saturated rings. The Bertz CT molecular complexity index is 948. The number of hydrogen-bond donors (Lipinski definition) is 1. The summed E-state index contributed by atoms with van der Waals surface area (Å²) in [6.07, 6.45) is 2.84. The van der Waals surface area contributed by atoms with Crippen LogP contribution in [-0.2, 0) is 14.6 Å². The molecule has 2 aromatic carbocycles. The van der Waals surface area contributed by atoms with Crippen molar-refractivity contribution in [3.8, 4) is 0 Å². The number of carbonyl (C=O) groups is 1. The molecule has 0 spiro atoms. The average Bonchev–Trinajstić information content (AvgIpc) is 2.68. The first kappa shape index (κ1) is 21.5. The van der Waals surface area contributed by atoms with Crippen LogP contribution >= 0.6 is 0 Å². The highest BCUT2D eigenvalue weighted by Crippen LogP contribution is 2.31. The fraction of sp³-hybridized carbons (Fsp3) is 0.435. The Morgan fingerprint density at radius 1 is 1.10 bits per heavy atom. The van der Waals surface area contributed by atoms with Gasteiger partial charge in [0.15, 0.2) is 9.84 Å². The number of rotatable bonds is 6. The van der Waals surface area contributed by atoms with Crippen molar-refractivity contribution in [1.29, 1.82) is 0 Å². The molecular formula is C23H28FNO3S. The maximum Gasteiger partial charge on any atom is 0.223 e. The van der Waals surface area contributed by atoms with Gasteiger partial charge in [-0.15, -0.1) is 0 Å². The van der Waals surface area contributed by atoms with Gasteiger partial charge in [-0.05, 0) is 80.8 Å². The molecule has 1 N–H and O–H groups in total. The molecule has 1 aliphatic carbocycles. The van der Waals surface area contributed by atoms with Crippen LogP contribution in [0.15, 0.2) is 53.4 Å². The Balaban J connectivity index is 1.52. The molecule has 1 atom stereocenters. The van der Waals surface area contributed by atoms with Gasteiger partial charge in [-0.3, -0.25) is 4.79 Å². The van der Waals surface area contributed by atoms with Crippen LogP contribution in [-0.4, -0.2) is 20.1 Å². The van der Waals surface area contributed by atoms with Crippen molar-refractivity contribution in [2.24, 2.45) is 11.8 Å². The SMILES string of the molecule is Cc1cccc(S(=O)(=O)CC2CCC(C(=O)N[C@H](C)c3ccc(F)cc3)CC2)c1. The summed E-state index contributed by atoms with van der Waals surface area (Å²) in [6, 6.07) is 12.9. The van der Waals surface area contributed by atoms with E-state index in [0.29, 0.717) is 17.7 Å². The highest BCUT2D eigenvalue weighted by Gasteiger charge is 2.30. The molecular weight excluding hydrogens is 389 g/mol. The van der Waals surface area contributed by atoms with Crippen molar-refractivity contribution < 1.29 is 17.6 Å². The van der Waals surface area contributed by atoms with Gasteiger partial charge in [0.1, 0.15) is 5.82 Å². The number of aryl methyl sites for hydroxylation is 1. The normalized spacial score (nSPS) is 20.8. The molecule has 6 heteroatoms. The largest absolute Gasteiger partial charge is 0.349 e. The Kier molecular flexibility index (Phi) is 6.73. The zero-order valence-corrected chi connectivity index (χ0v) is 17.7. The summed E-state index contributed by atoms with van der Waals surface area (Å²) in [5.74, 6) is -0.195. The molecule has 1 aliphatic rings. The molecule has 3 rings (SSSR count). The number of halogens is 1. The number of hydrogen-bond acceptors (Lipinski definition) is 3. The molecule has 0 saturated heterocycles. The molecule has 0 bridgehead atoms. The van der Waals surface area contributed by atoms with E-state index in [2.05, 4.69) is 5.32 Å². The number of benzene rings is 2. The Morgan fingerprint density at radius 3 is 2.38 bits per heavy atom. The van der Waals surface area contributed by atoms with Crippen molar-refractivity contribution in [1.82, 2.24) is 5.32 Å². The quantitative estimate of drug-likeness (QED) is 0.748. The van der Waals surface area contributed by atoms with Crippen LogP contribution in [0.25, 0.3) is 0 Å². The fourth-order valence-electron chi connectivity index (χ4n) is 3.97. The van der Waals surface area contributed by atoms with Crippen LogP contribution in [0.3, 0.4) is 0 Å². The smallest absolute Gasteiger partial charge is 0.223 e. The summed E-state index contributed by atoms with van der Waals surface area (Å²) in [6.45, 7) is 3.76. The maximum atomic E-state index is 13.1. The highest BCUT2D eigenvalue weighted by atomic mass is 32.2. The first-order valence-electron chi connectivity index (χ1n) is 10.1. The lowest BCUT2D eigenvalue weighted by Gasteiger charge is -2.28. The van der Waals surface area contributed by atoms with Gasteiger partial charge in [0.25, 0.3) is 0 Å². The topological polar surface area (TPSA) is 63.2 Å². The van der Waals surface area contributed by atoms with Crippen molar-refractivity contribution in [2.45, 2.75) is 50.5 Å². The second kappa shape index (κ2) is 9.08. The first-order valence-corrected chi connectivity index (χ1v) is 11.7. The molecule has 0 aromatic heterocycles. The van der Waals surface area contributed by atoms with Gasteiger partial charge in [-0.1, -0.05) is 24.3 Å². The van der Waals surface area contributed by atoms with E-state index >= 15 is 0 Å². The van der Waals surface area contributed by atoms with Crippen LogP contribution in [0.5, 0.6) is 0 Å². The van der Waals surface area contributed by atoms with E-state index in [1.165, 1.54) is 12.1 Å². The summed E-state index contributed by atoms with van der Waals surface area (Å²) >= 11 is 0. The minimum atomic E-state index is -3.31. The van der Waals surface area contributed by atoms with Gasteiger partial charge in [-0.2, -0.15) is 0 Å². The third kappa shape index (κ3) is 5.66. The molecule has 0 radical (unpaired) electrons. The molecule has 1 saturated carbocycles. The van der Waals surface area contributed by atoms with Gasteiger partial charge in [0.2, 0.25) is 5.91 Å². The number of nitrogens with one attached hydrogen (secondary N) is 1. The van der Waals surface area contributed by atoms with Crippen molar-refractivity contribution >= 4 is 15.7 Å². The van der Waals surface area contributed by atoms with Gasteiger partial charge in [0, 0.05) is 5.92 Å². The molecule has 0 heterocycles. The van der Waals surface area contributed by atoms with E-state index in [9.17, 15) is 17.6 Å². The standard InChI is InChI=1S/C23H28FNO3S/c1-16-4-3-5-22(14-16)29(27,28)15-18-6-8-20(9-7-18)23(26)25-17(2)19-10-12-21(24)13-11-19/h3-5,10-14,17-18,20H,6-9,15H2,1-2H3,(H,25,26)/t17-,18?,20?/m1/s1. The highest BCUT2D eigenvalue weighted by molar-refractivity contribution is 7.91. The molecule has 29 heavy (non-hydrogen) atoms. The summed E-state index contributed by atoms with van der Waals surface area (Å²) in [4.78, 5) is 13.0. The lowest BCUT2D eigenvalue weighted by Crippen LogP contribution is -2.35. The molecule has 2 aromatic rings. The van der Waals surface area contributed by atoms with E-state index in [1.54, 1.807) is 30.3 Å². The number of carbonyl (C=O) groups excluding carboxylic acids is 1. The second-order valence-corrected chi connectivity index (χ2v) is 10.1. The van der Waals surface area contributed by atoms with Gasteiger partial charge >= 0.3 is 0 Å². The third-order valence-electron chi connectivity index (χ3n) is 5.75. The zero-order chi connectivity index (χ0) is 21.0. The van der Waals surface area contributed by atoms with E-state index in [4.69, 9.17) is 0 Å². The predicted molar refractivity (Wildman–Crippen MR) is 112 cm³/mol. The molecule has 4 nitrogen and oxygen atoms in total. The third-order valence-corrected chi connectivity index (χ3v) is 7.63. The first-order chi connectivity index (χ1) is 13.7. The van der Waals surface area contributed by atoms with Crippen molar-refractivity contribution in [3.05, 3.63) is 65.5 Å². The van der Waals surface area contributed by atoms with Crippen LogP contribution in [0.2, 0.25) is 0 Å². The lowest BCUT2D eigenvalue weighted by atomic mass is 9.82. The average molecular weight is 418 g/mol. The molecule has 1 amide bonds. The second-order valence-electron chi connectivity index (χ2n) is 8.10. The van der Waals surface area contributed by atoms with Gasteiger partial charge in [0.05, 0.1) is 16.7 Å². The Labute approximate surface area is 172 Å². The van der Waals surface area contributed by atoms with Gasteiger partial charge in [-0.25, -0.2) is 12.8 Å². The zero-order valence-electron chi connectivity index (χ0n) is 16.9. The van der Waals surface area contributed by atoms with Gasteiger partial charge < -0.3 is 5.32 Å².